The number of nitrogens with two attached hydrogens (primary N) is 1. The third kappa shape index (κ3) is 2.15. The molecule has 2 unspecified atom stereocenters. The van der Waals surface area contributed by atoms with Gasteiger partial charge in [0.15, 0.2) is 11.0 Å². The van der Waals surface area contributed by atoms with E-state index < -0.39 is 0 Å². The number of hydrogen-bond donors (Lipinski definition) is 1. The Labute approximate surface area is 127 Å². The summed E-state index contributed by atoms with van der Waals surface area (Å²) in [6, 6.07) is 1.35. The van der Waals surface area contributed by atoms with Crippen LogP contribution >= 0.6 is 11.3 Å². The Bertz CT molecular complexity index is 652. The molecule has 6 nitrogen and oxygen atoms in total. The molecule has 0 saturated carbocycles. The minimum Gasteiger partial charge on any atom is -0.375 e. The molecule has 2 N–H and O–H groups in total. The Morgan fingerprint density at radius 3 is 2.57 bits per heavy atom. The summed E-state index contributed by atoms with van der Waals surface area (Å²) in [4.78, 5) is 12.2. The molecule has 0 radical (unpaired) electrons. The molecule has 2 aliphatic rings. The zero-order chi connectivity index (χ0) is 14.6. The summed E-state index contributed by atoms with van der Waals surface area (Å²) in [7, 11) is 2.24. The molecule has 0 amide bonds. The average Bonchev–Trinajstić information content (AvgIpc) is 3.08. The number of thiazole rings is 1. The lowest BCUT2D eigenvalue weighted by atomic mass is 9.90. The third-order valence-corrected chi connectivity index (χ3v) is 5.89. The van der Waals surface area contributed by atoms with Crippen molar-refractivity contribution in [3.8, 4) is 10.8 Å². The van der Waals surface area contributed by atoms with Gasteiger partial charge >= 0.3 is 0 Å². The number of anilines is 1. The van der Waals surface area contributed by atoms with Gasteiger partial charge in [0.2, 0.25) is 0 Å². The van der Waals surface area contributed by atoms with Gasteiger partial charge in [-0.3, -0.25) is 0 Å². The van der Waals surface area contributed by atoms with Crippen LogP contribution in [0.4, 0.5) is 5.13 Å². The molecule has 2 atom stereocenters. The molecule has 112 valence electrons. The first-order chi connectivity index (χ1) is 10.1. The van der Waals surface area contributed by atoms with Crippen molar-refractivity contribution in [2.24, 2.45) is 0 Å². The van der Waals surface area contributed by atoms with E-state index in [-0.39, 0.29) is 0 Å². The molecular weight excluding hydrogens is 286 g/mol. The van der Waals surface area contributed by atoms with Crippen molar-refractivity contribution in [1.82, 2.24) is 20.0 Å². The number of rotatable bonds is 2. The second-order valence-corrected chi connectivity index (χ2v) is 7.17. The highest BCUT2D eigenvalue weighted by atomic mass is 32.1. The quantitative estimate of drug-likeness (QED) is 0.917. The highest BCUT2D eigenvalue weighted by Crippen LogP contribution is 2.41. The summed E-state index contributed by atoms with van der Waals surface area (Å²) in [5.74, 6) is 1.83. The Kier molecular flexibility index (Phi) is 3.00. The largest absolute Gasteiger partial charge is 0.375 e. The molecule has 0 aliphatic carbocycles. The zero-order valence-corrected chi connectivity index (χ0v) is 13.1. The van der Waals surface area contributed by atoms with E-state index in [0.717, 1.165) is 29.2 Å². The maximum absolute atomic E-state index is 5.74. The average molecular weight is 305 g/mol. The summed E-state index contributed by atoms with van der Waals surface area (Å²) >= 11 is 1.40. The lowest BCUT2D eigenvalue weighted by molar-refractivity contribution is 0.157. The zero-order valence-electron chi connectivity index (χ0n) is 12.2. The van der Waals surface area contributed by atoms with E-state index in [4.69, 9.17) is 10.3 Å². The molecule has 2 aromatic heterocycles. The topological polar surface area (TPSA) is 81.1 Å². The van der Waals surface area contributed by atoms with Crippen molar-refractivity contribution in [3.63, 3.8) is 0 Å². The van der Waals surface area contributed by atoms with Gasteiger partial charge in [-0.25, -0.2) is 4.98 Å². The van der Waals surface area contributed by atoms with Crippen LogP contribution in [-0.2, 0) is 0 Å². The van der Waals surface area contributed by atoms with Gasteiger partial charge in [-0.05, 0) is 39.7 Å². The smallest absolute Gasteiger partial charge is 0.270 e. The van der Waals surface area contributed by atoms with E-state index in [1.165, 1.54) is 24.2 Å². The van der Waals surface area contributed by atoms with E-state index in [9.17, 15) is 0 Å². The minimum absolute atomic E-state index is 0.418. The summed E-state index contributed by atoms with van der Waals surface area (Å²) < 4.78 is 5.46. The molecule has 2 saturated heterocycles. The molecule has 2 bridgehead atoms. The number of piperidine rings is 1. The van der Waals surface area contributed by atoms with Crippen LogP contribution in [0.2, 0.25) is 0 Å². The van der Waals surface area contributed by atoms with Crippen LogP contribution in [0, 0.1) is 6.92 Å². The van der Waals surface area contributed by atoms with Crippen molar-refractivity contribution < 1.29 is 4.52 Å². The maximum atomic E-state index is 5.74. The highest BCUT2D eigenvalue weighted by Gasteiger charge is 2.40. The van der Waals surface area contributed by atoms with Crippen LogP contribution in [0.25, 0.3) is 10.8 Å². The van der Waals surface area contributed by atoms with E-state index in [2.05, 4.69) is 27.1 Å². The van der Waals surface area contributed by atoms with Gasteiger partial charge in [-0.1, -0.05) is 16.5 Å². The van der Waals surface area contributed by atoms with Crippen molar-refractivity contribution >= 4 is 16.5 Å². The molecule has 2 aromatic rings. The molecule has 0 aromatic carbocycles. The fraction of sp³-hybridized carbons (Fsp3) is 0.643. The number of aromatic nitrogens is 3. The summed E-state index contributed by atoms with van der Waals surface area (Å²) in [6.45, 7) is 1.92. The Morgan fingerprint density at radius 2 is 1.95 bits per heavy atom. The Hall–Kier alpha value is -1.47. The number of aryl methyl sites for hydroxylation is 1. The second-order valence-electron chi connectivity index (χ2n) is 6.14. The molecular formula is C14H19N5OS. The van der Waals surface area contributed by atoms with Crippen molar-refractivity contribution in [1.29, 1.82) is 0 Å². The van der Waals surface area contributed by atoms with Crippen molar-refractivity contribution in [3.05, 3.63) is 11.5 Å². The van der Waals surface area contributed by atoms with E-state index in [1.807, 2.05) is 6.92 Å². The number of fused-ring (bicyclic) bond motifs is 2. The van der Waals surface area contributed by atoms with Crippen molar-refractivity contribution in [2.75, 3.05) is 12.8 Å². The number of nitrogens with zero attached hydrogens (tertiary/aromatic N) is 4. The summed E-state index contributed by atoms with van der Waals surface area (Å²) in [5, 5.41) is 4.76. The number of hydrogen-bond acceptors (Lipinski definition) is 7. The van der Waals surface area contributed by atoms with Gasteiger partial charge in [0.1, 0.15) is 4.88 Å². The molecule has 0 spiro atoms. The Balaban J connectivity index is 1.59. The molecule has 4 heterocycles. The van der Waals surface area contributed by atoms with Crippen LogP contribution < -0.4 is 5.73 Å². The van der Waals surface area contributed by atoms with E-state index in [0.29, 0.717) is 29.0 Å². The standard InChI is InChI=1S/C14H19N5OS/c1-7-11(21-14(15)16-7)13-17-12(18-20-13)8-5-9-3-4-10(6-8)19(9)2/h8-10H,3-6H2,1-2H3,(H2,15,16). The van der Waals surface area contributed by atoms with E-state index >= 15 is 0 Å². The summed E-state index contributed by atoms with van der Waals surface area (Å²) in [6.07, 6.45) is 4.87. The van der Waals surface area contributed by atoms with Gasteiger partial charge in [0.05, 0.1) is 5.69 Å². The van der Waals surface area contributed by atoms with Gasteiger partial charge in [0.25, 0.3) is 5.89 Å². The second kappa shape index (κ2) is 4.78. The molecule has 2 aliphatic heterocycles. The van der Waals surface area contributed by atoms with Gasteiger partial charge < -0.3 is 15.2 Å². The molecule has 4 rings (SSSR count). The van der Waals surface area contributed by atoms with Crippen LogP contribution in [0.5, 0.6) is 0 Å². The van der Waals surface area contributed by atoms with Crippen LogP contribution in [0.1, 0.15) is 43.1 Å². The fourth-order valence-electron chi connectivity index (χ4n) is 3.73. The molecule has 21 heavy (non-hydrogen) atoms. The normalized spacial score (nSPS) is 29.1. The van der Waals surface area contributed by atoms with Crippen molar-refractivity contribution in [2.45, 2.75) is 50.6 Å². The van der Waals surface area contributed by atoms with E-state index in [1.54, 1.807) is 0 Å². The van der Waals surface area contributed by atoms with Crippen LogP contribution in [0.3, 0.4) is 0 Å². The predicted molar refractivity (Wildman–Crippen MR) is 81.1 cm³/mol. The third-order valence-electron chi connectivity index (χ3n) is 4.91. The fourth-order valence-corrected chi connectivity index (χ4v) is 4.49. The van der Waals surface area contributed by atoms with Crippen LogP contribution in [0.15, 0.2) is 4.52 Å². The predicted octanol–water partition coefficient (Wildman–Crippen LogP) is 2.42. The first kappa shape index (κ1) is 13.2. The molecule has 7 heteroatoms. The lowest BCUT2D eigenvalue weighted by Gasteiger charge is -2.34. The monoisotopic (exact) mass is 305 g/mol. The molecule has 2 fully saturated rings. The highest BCUT2D eigenvalue weighted by molar-refractivity contribution is 7.18. The SMILES string of the molecule is Cc1nc(N)sc1-c1nc(C2CC3CCC(C2)N3C)no1. The maximum Gasteiger partial charge on any atom is 0.270 e. The van der Waals surface area contributed by atoms with Gasteiger partial charge in [-0.15, -0.1) is 0 Å². The first-order valence-corrected chi connectivity index (χ1v) is 8.22. The van der Waals surface area contributed by atoms with Gasteiger partial charge in [-0.2, -0.15) is 4.98 Å². The first-order valence-electron chi connectivity index (χ1n) is 7.40. The Morgan fingerprint density at radius 1 is 1.24 bits per heavy atom. The summed E-state index contributed by atoms with van der Waals surface area (Å²) in [5.41, 5.74) is 6.60. The number of nitrogen functional groups attached to an aromatic ring is 1. The lowest BCUT2D eigenvalue weighted by Crippen LogP contribution is -2.39. The van der Waals surface area contributed by atoms with Crippen LogP contribution in [-0.4, -0.2) is 39.2 Å². The van der Waals surface area contributed by atoms with Gasteiger partial charge in [0, 0.05) is 18.0 Å². The minimum atomic E-state index is 0.418.